The summed E-state index contributed by atoms with van der Waals surface area (Å²) in [5, 5.41) is 10.6. The highest BCUT2D eigenvalue weighted by Crippen LogP contribution is 2.45. The maximum atomic E-state index is 13.1. The number of phosphoric acid groups is 2. The molecule has 0 aromatic heterocycles. The summed E-state index contributed by atoms with van der Waals surface area (Å²) in [6, 6.07) is 0. The molecule has 0 saturated carbocycles. The van der Waals surface area contributed by atoms with Crippen LogP contribution in [0.25, 0.3) is 0 Å². The number of aliphatic hydroxyl groups is 1. The minimum Gasteiger partial charge on any atom is -0.462 e. The van der Waals surface area contributed by atoms with Crippen molar-refractivity contribution in [1.82, 2.24) is 0 Å². The van der Waals surface area contributed by atoms with Crippen LogP contribution in [0.1, 0.15) is 389 Å². The summed E-state index contributed by atoms with van der Waals surface area (Å²) in [7, 11) is -9.91. The summed E-state index contributed by atoms with van der Waals surface area (Å²) in [5.74, 6) is 0.245. The van der Waals surface area contributed by atoms with Crippen molar-refractivity contribution >= 4 is 39.5 Å². The van der Waals surface area contributed by atoms with E-state index in [0.717, 1.165) is 108 Å². The number of rotatable bonds is 74. The first-order valence-electron chi connectivity index (χ1n) is 39.4. The molecule has 564 valence electrons. The number of ether oxygens (including phenoxy) is 4. The van der Waals surface area contributed by atoms with Gasteiger partial charge in [0.1, 0.15) is 19.3 Å². The second kappa shape index (κ2) is 66.6. The van der Waals surface area contributed by atoms with Crippen molar-refractivity contribution in [1.29, 1.82) is 0 Å². The van der Waals surface area contributed by atoms with Crippen LogP contribution in [0.4, 0.5) is 0 Å². The molecule has 0 spiro atoms. The summed E-state index contributed by atoms with van der Waals surface area (Å²) in [5.41, 5.74) is 0. The zero-order chi connectivity index (χ0) is 70.1. The molecule has 0 aliphatic carbocycles. The van der Waals surface area contributed by atoms with E-state index in [1.165, 1.54) is 199 Å². The lowest BCUT2D eigenvalue weighted by atomic mass is 9.99. The molecule has 0 amide bonds. The highest BCUT2D eigenvalue weighted by atomic mass is 31.2. The molecule has 0 aromatic rings. The maximum absolute atomic E-state index is 13.1. The van der Waals surface area contributed by atoms with Crippen LogP contribution >= 0.6 is 15.6 Å². The van der Waals surface area contributed by atoms with E-state index in [0.29, 0.717) is 25.7 Å². The predicted molar refractivity (Wildman–Crippen MR) is 386 cm³/mol. The van der Waals surface area contributed by atoms with E-state index in [-0.39, 0.29) is 25.7 Å². The van der Waals surface area contributed by atoms with E-state index in [2.05, 4.69) is 48.5 Å². The number of carbonyl (C=O) groups excluding carboxylic acids is 4. The van der Waals surface area contributed by atoms with Crippen LogP contribution in [0.3, 0.4) is 0 Å². The number of esters is 4. The summed E-state index contributed by atoms with van der Waals surface area (Å²) in [4.78, 5) is 72.8. The molecule has 95 heavy (non-hydrogen) atoms. The van der Waals surface area contributed by atoms with Crippen molar-refractivity contribution in [3.63, 3.8) is 0 Å². The molecule has 0 aliphatic heterocycles. The van der Waals surface area contributed by atoms with Crippen molar-refractivity contribution in [3.05, 3.63) is 0 Å². The molecular formula is C76H148O17P2. The van der Waals surface area contributed by atoms with Crippen LogP contribution in [0.5, 0.6) is 0 Å². The highest BCUT2D eigenvalue weighted by Gasteiger charge is 2.30. The molecule has 0 aromatic carbocycles. The third-order valence-electron chi connectivity index (χ3n) is 18.0. The molecule has 0 heterocycles. The fourth-order valence-corrected chi connectivity index (χ4v) is 13.1. The van der Waals surface area contributed by atoms with Gasteiger partial charge in [0.25, 0.3) is 0 Å². The van der Waals surface area contributed by atoms with Crippen molar-refractivity contribution in [2.75, 3.05) is 39.6 Å². The van der Waals surface area contributed by atoms with Gasteiger partial charge in [0.05, 0.1) is 26.4 Å². The molecular weight excluding hydrogens is 1250 g/mol. The van der Waals surface area contributed by atoms with E-state index >= 15 is 0 Å². The van der Waals surface area contributed by atoms with Crippen molar-refractivity contribution in [3.8, 4) is 0 Å². The first-order chi connectivity index (χ1) is 45.8. The average molecular weight is 1400 g/mol. The van der Waals surface area contributed by atoms with Gasteiger partial charge in [-0.3, -0.25) is 37.3 Å². The van der Waals surface area contributed by atoms with E-state index in [4.69, 9.17) is 37.0 Å². The Labute approximate surface area is 581 Å². The Morgan fingerprint density at radius 1 is 0.305 bits per heavy atom. The number of unbranched alkanes of at least 4 members (excludes halogenated alkanes) is 41. The third kappa shape index (κ3) is 69.0. The number of carbonyl (C=O) groups is 4. The fraction of sp³-hybridized carbons (Fsp3) is 0.947. The average Bonchev–Trinajstić information content (AvgIpc) is 1.48. The summed E-state index contributed by atoms with van der Waals surface area (Å²) in [6.45, 7) is 11.9. The van der Waals surface area contributed by atoms with E-state index in [1.807, 2.05) is 0 Å². The van der Waals surface area contributed by atoms with Gasteiger partial charge >= 0.3 is 39.5 Å². The number of aliphatic hydroxyl groups excluding tert-OH is 1. The minimum atomic E-state index is -4.96. The Kier molecular flexibility index (Phi) is 65.2. The highest BCUT2D eigenvalue weighted by molar-refractivity contribution is 7.47. The number of hydrogen-bond acceptors (Lipinski definition) is 15. The van der Waals surface area contributed by atoms with E-state index in [1.54, 1.807) is 0 Å². The SMILES string of the molecule is CCCCCCCCCCCCCC(=O)OC[C@H](COP(=O)(O)OC[C@H](O)COP(=O)(O)OC[C@@H](COC(=O)CCCCCCCCCCCCCC(C)C)OC(=O)CCCCCCCCCCCCCCCC(C)C)OC(=O)CCCCCCCCCCCCC(C)CC. The summed E-state index contributed by atoms with van der Waals surface area (Å²) < 4.78 is 68.6. The second-order valence-corrected chi connectivity index (χ2v) is 31.5. The van der Waals surface area contributed by atoms with Crippen LogP contribution in [-0.2, 0) is 65.4 Å². The molecule has 3 N–H and O–H groups in total. The standard InChI is InChI=1S/C76H148O17P2/c1-8-10-11-12-13-14-19-29-36-43-50-57-73(78)86-63-72(93-76(81)60-53-46-39-32-25-24-28-35-42-49-56-69(7)9-2)66-91-95(84,85)89-62-70(77)61-88-94(82,83)90-65-71(64-87-74(79)58-51-44-37-30-23-18-21-27-34-41-48-55-68(5)6)92-75(80)59-52-45-38-31-22-17-15-16-20-26-33-40-47-54-67(3)4/h67-72,77H,8-66H2,1-7H3,(H,82,83)(H,84,85)/t69?,70-,71-,72-/m1/s1. The quantitative estimate of drug-likeness (QED) is 0.0222. The van der Waals surface area contributed by atoms with Crippen LogP contribution < -0.4 is 0 Å². The Hall–Kier alpha value is -1.94. The van der Waals surface area contributed by atoms with Gasteiger partial charge in [0, 0.05) is 25.7 Å². The number of phosphoric ester groups is 2. The Bertz CT molecular complexity index is 1850. The zero-order valence-corrected chi connectivity index (χ0v) is 63.9. The largest absolute Gasteiger partial charge is 0.472 e. The van der Waals surface area contributed by atoms with E-state index in [9.17, 15) is 43.2 Å². The maximum Gasteiger partial charge on any atom is 0.472 e. The lowest BCUT2D eigenvalue weighted by Crippen LogP contribution is -2.30. The molecule has 6 atom stereocenters. The lowest BCUT2D eigenvalue weighted by Gasteiger charge is -2.21. The first kappa shape index (κ1) is 93.1. The van der Waals surface area contributed by atoms with Gasteiger partial charge < -0.3 is 33.8 Å². The van der Waals surface area contributed by atoms with Crippen LogP contribution in [-0.4, -0.2) is 96.7 Å². The summed E-state index contributed by atoms with van der Waals surface area (Å²) >= 11 is 0. The van der Waals surface area contributed by atoms with Crippen molar-refractivity contribution in [2.24, 2.45) is 17.8 Å². The van der Waals surface area contributed by atoms with Gasteiger partial charge in [-0.2, -0.15) is 0 Å². The third-order valence-corrected chi connectivity index (χ3v) is 19.9. The fourth-order valence-electron chi connectivity index (χ4n) is 11.6. The van der Waals surface area contributed by atoms with Crippen molar-refractivity contribution < 1.29 is 80.2 Å². The van der Waals surface area contributed by atoms with Gasteiger partial charge in [-0.15, -0.1) is 0 Å². The summed E-state index contributed by atoms with van der Waals surface area (Å²) in [6.07, 6.45) is 52.5. The minimum absolute atomic E-state index is 0.106. The van der Waals surface area contributed by atoms with Gasteiger partial charge in [-0.1, -0.05) is 337 Å². The molecule has 3 unspecified atom stereocenters. The predicted octanol–water partition coefficient (Wildman–Crippen LogP) is 22.2. The van der Waals surface area contributed by atoms with E-state index < -0.39 is 97.5 Å². The zero-order valence-electron chi connectivity index (χ0n) is 62.1. The Morgan fingerprint density at radius 3 is 0.800 bits per heavy atom. The normalized spacial score (nSPS) is 14.4. The molecule has 17 nitrogen and oxygen atoms in total. The van der Waals surface area contributed by atoms with Gasteiger partial charge in [0.15, 0.2) is 12.2 Å². The van der Waals surface area contributed by atoms with Crippen LogP contribution in [0, 0.1) is 17.8 Å². The lowest BCUT2D eigenvalue weighted by molar-refractivity contribution is -0.161. The van der Waals surface area contributed by atoms with Crippen LogP contribution in [0.2, 0.25) is 0 Å². The molecule has 0 radical (unpaired) electrons. The molecule has 0 fully saturated rings. The topological polar surface area (TPSA) is 237 Å². The molecule has 0 aliphatic rings. The molecule has 0 rings (SSSR count). The monoisotopic (exact) mass is 1400 g/mol. The first-order valence-corrected chi connectivity index (χ1v) is 42.4. The van der Waals surface area contributed by atoms with Crippen LogP contribution in [0.15, 0.2) is 0 Å². The van der Waals surface area contributed by atoms with Gasteiger partial charge in [-0.05, 0) is 43.4 Å². The second-order valence-electron chi connectivity index (χ2n) is 28.6. The van der Waals surface area contributed by atoms with Gasteiger partial charge in [-0.25, -0.2) is 9.13 Å². The Morgan fingerprint density at radius 2 is 0.537 bits per heavy atom. The smallest absolute Gasteiger partial charge is 0.462 e. The number of hydrogen-bond donors (Lipinski definition) is 3. The molecule has 19 heteroatoms. The Balaban J connectivity index is 5.27. The molecule has 0 bridgehead atoms. The molecule has 0 saturated heterocycles. The van der Waals surface area contributed by atoms with Gasteiger partial charge in [0.2, 0.25) is 0 Å². The van der Waals surface area contributed by atoms with Crippen molar-refractivity contribution in [2.45, 2.75) is 407 Å².